The first-order valence-electron chi connectivity index (χ1n) is 6.21. The number of hydrogen-bond donors (Lipinski definition) is 2. The maximum absolute atomic E-state index is 11.9. The van der Waals surface area contributed by atoms with E-state index >= 15 is 0 Å². The van der Waals surface area contributed by atoms with E-state index in [1.807, 2.05) is 0 Å². The zero-order valence-corrected chi connectivity index (χ0v) is 10.1. The molecule has 1 aliphatic rings. The van der Waals surface area contributed by atoms with E-state index in [2.05, 4.69) is 17.2 Å². The van der Waals surface area contributed by atoms with Crippen LogP contribution in [-0.2, 0) is 0 Å². The van der Waals surface area contributed by atoms with Gasteiger partial charge in [0, 0.05) is 6.04 Å². The van der Waals surface area contributed by atoms with Gasteiger partial charge in [0.15, 0.2) is 0 Å². The van der Waals surface area contributed by atoms with E-state index in [0.717, 1.165) is 18.8 Å². The Kier molecular flexibility index (Phi) is 3.61. The molecule has 2 rings (SSSR count). The standard InChI is InChI=1S/C13H19N3O/c1-2-11(7-9-3-4-9)16-13(17)12-6-5-10(14)8-15-12/h5-6,8-9,11H,2-4,7,14H2,1H3,(H,16,17). The van der Waals surface area contributed by atoms with Crippen LogP contribution in [0.5, 0.6) is 0 Å². The Balaban J connectivity index is 1.92. The molecule has 1 aliphatic carbocycles. The van der Waals surface area contributed by atoms with E-state index in [9.17, 15) is 4.79 Å². The zero-order chi connectivity index (χ0) is 12.3. The summed E-state index contributed by atoms with van der Waals surface area (Å²) in [4.78, 5) is 15.9. The van der Waals surface area contributed by atoms with Gasteiger partial charge < -0.3 is 11.1 Å². The fourth-order valence-electron chi connectivity index (χ4n) is 1.88. The van der Waals surface area contributed by atoms with E-state index < -0.39 is 0 Å². The molecule has 1 fully saturated rings. The van der Waals surface area contributed by atoms with Crippen LogP contribution >= 0.6 is 0 Å². The van der Waals surface area contributed by atoms with Crippen molar-refractivity contribution in [2.45, 2.75) is 38.6 Å². The molecule has 1 unspecified atom stereocenters. The Morgan fingerprint density at radius 3 is 2.88 bits per heavy atom. The highest BCUT2D eigenvalue weighted by Crippen LogP contribution is 2.34. The highest BCUT2D eigenvalue weighted by molar-refractivity contribution is 5.92. The second-order valence-electron chi connectivity index (χ2n) is 4.73. The maximum Gasteiger partial charge on any atom is 0.270 e. The summed E-state index contributed by atoms with van der Waals surface area (Å²) in [5.74, 6) is 0.720. The lowest BCUT2D eigenvalue weighted by molar-refractivity contribution is 0.0927. The van der Waals surface area contributed by atoms with Gasteiger partial charge in [-0.1, -0.05) is 19.8 Å². The van der Waals surface area contributed by atoms with Crippen LogP contribution < -0.4 is 11.1 Å². The van der Waals surface area contributed by atoms with E-state index in [4.69, 9.17) is 5.73 Å². The first-order chi connectivity index (χ1) is 8.19. The number of rotatable bonds is 5. The van der Waals surface area contributed by atoms with Gasteiger partial charge in [0.25, 0.3) is 5.91 Å². The highest BCUT2D eigenvalue weighted by Gasteiger charge is 2.25. The normalized spacial score (nSPS) is 16.5. The number of nitrogens with one attached hydrogen (secondary N) is 1. The monoisotopic (exact) mass is 233 g/mol. The van der Waals surface area contributed by atoms with Crippen molar-refractivity contribution in [3.63, 3.8) is 0 Å². The molecular formula is C13H19N3O. The molecule has 1 aromatic rings. The van der Waals surface area contributed by atoms with Crippen LogP contribution in [0.15, 0.2) is 18.3 Å². The second kappa shape index (κ2) is 5.17. The molecule has 17 heavy (non-hydrogen) atoms. The zero-order valence-electron chi connectivity index (χ0n) is 10.1. The Hall–Kier alpha value is -1.58. The topological polar surface area (TPSA) is 68.0 Å². The molecule has 0 aliphatic heterocycles. The van der Waals surface area contributed by atoms with Crippen LogP contribution in [0.1, 0.15) is 43.1 Å². The van der Waals surface area contributed by atoms with E-state index in [0.29, 0.717) is 11.4 Å². The van der Waals surface area contributed by atoms with Gasteiger partial charge in [-0.2, -0.15) is 0 Å². The van der Waals surface area contributed by atoms with Gasteiger partial charge in [-0.25, -0.2) is 4.98 Å². The van der Waals surface area contributed by atoms with E-state index in [1.165, 1.54) is 19.0 Å². The first-order valence-corrected chi connectivity index (χ1v) is 6.21. The largest absolute Gasteiger partial charge is 0.397 e. The fourth-order valence-corrected chi connectivity index (χ4v) is 1.88. The lowest BCUT2D eigenvalue weighted by atomic mass is 10.1. The summed E-state index contributed by atoms with van der Waals surface area (Å²) in [6.07, 6.45) is 6.20. The van der Waals surface area contributed by atoms with Crippen LogP contribution in [0, 0.1) is 5.92 Å². The molecule has 1 heterocycles. The van der Waals surface area contributed by atoms with Crippen LogP contribution in [0.2, 0.25) is 0 Å². The fraction of sp³-hybridized carbons (Fsp3) is 0.538. The van der Waals surface area contributed by atoms with Crippen molar-refractivity contribution in [2.24, 2.45) is 5.92 Å². The molecule has 1 aromatic heterocycles. The number of nitrogen functional groups attached to an aromatic ring is 1. The number of aromatic nitrogens is 1. The third-order valence-corrected chi connectivity index (χ3v) is 3.16. The Morgan fingerprint density at radius 2 is 2.35 bits per heavy atom. The summed E-state index contributed by atoms with van der Waals surface area (Å²) in [5, 5.41) is 3.03. The number of nitrogens with zero attached hydrogens (tertiary/aromatic N) is 1. The van der Waals surface area contributed by atoms with Crippen molar-refractivity contribution >= 4 is 11.6 Å². The third-order valence-electron chi connectivity index (χ3n) is 3.16. The van der Waals surface area contributed by atoms with E-state index in [1.54, 1.807) is 12.1 Å². The van der Waals surface area contributed by atoms with Gasteiger partial charge in [-0.15, -0.1) is 0 Å². The lowest BCUT2D eigenvalue weighted by Gasteiger charge is -2.16. The molecule has 0 radical (unpaired) electrons. The smallest absolute Gasteiger partial charge is 0.270 e. The highest BCUT2D eigenvalue weighted by atomic mass is 16.1. The van der Waals surface area contributed by atoms with Crippen LogP contribution in [0.4, 0.5) is 5.69 Å². The van der Waals surface area contributed by atoms with Crippen molar-refractivity contribution in [1.29, 1.82) is 0 Å². The minimum atomic E-state index is -0.0995. The molecule has 4 nitrogen and oxygen atoms in total. The van der Waals surface area contributed by atoms with Crippen LogP contribution in [-0.4, -0.2) is 16.9 Å². The van der Waals surface area contributed by atoms with Crippen molar-refractivity contribution in [2.75, 3.05) is 5.73 Å². The molecule has 92 valence electrons. The summed E-state index contributed by atoms with van der Waals surface area (Å²) in [6, 6.07) is 3.63. The Bertz CT molecular complexity index is 384. The minimum absolute atomic E-state index is 0.0995. The number of nitrogens with two attached hydrogens (primary N) is 1. The molecule has 1 saturated carbocycles. The van der Waals surface area contributed by atoms with Crippen molar-refractivity contribution in [3.8, 4) is 0 Å². The number of carbonyl (C=O) groups excluding carboxylic acids is 1. The summed E-state index contributed by atoms with van der Waals surface area (Å²) >= 11 is 0. The molecule has 1 amide bonds. The third kappa shape index (κ3) is 3.44. The SMILES string of the molecule is CCC(CC1CC1)NC(=O)c1ccc(N)cn1. The number of hydrogen-bond acceptors (Lipinski definition) is 3. The molecule has 0 aromatic carbocycles. The number of carbonyl (C=O) groups is 1. The molecule has 1 atom stereocenters. The van der Waals surface area contributed by atoms with Gasteiger partial charge in [-0.3, -0.25) is 4.79 Å². The number of pyridine rings is 1. The van der Waals surface area contributed by atoms with Crippen molar-refractivity contribution in [3.05, 3.63) is 24.0 Å². The average Bonchev–Trinajstić information content (AvgIpc) is 3.13. The second-order valence-corrected chi connectivity index (χ2v) is 4.73. The van der Waals surface area contributed by atoms with Crippen molar-refractivity contribution < 1.29 is 4.79 Å². The van der Waals surface area contributed by atoms with Gasteiger partial charge in [-0.05, 0) is 30.9 Å². The van der Waals surface area contributed by atoms with Crippen LogP contribution in [0.25, 0.3) is 0 Å². The van der Waals surface area contributed by atoms with Gasteiger partial charge in [0.1, 0.15) is 5.69 Å². The van der Waals surface area contributed by atoms with E-state index in [-0.39, 0.29) is 11.9 Å². The molecule has 4 heteroatoms. The Labute approximate surface area is 102 Å². The van der Waals surface area contributed by atoms with Crippen molar-refractivity contribution in [1.82, 2.24) is 10.3 Å². The maximum atomic E-state index is 11.9. The van der Waals surface area contributed by atoms with Gasteiger partial charge >= 0.3 is 0 Å². The average molecular weight is 233 g/mol. The van der Waals surface area contributed by atoms with Gasteiger partial charge in [0.2, 0.25) is 0 Å². The molecule has 0 spiro atoms. The van der Waals surface area contributed by atoms with Gasteiger partial charge in [0.05, 0.1) is 11.9 Å². The minimum Gasteiger partial charge on any atom is -0.397 e. The predicted molar refractivity (Wildman–Crippen MR) is 67.5 cm³/mol. The predicted octanol–water partition coefficient (Wildman–Crippen LogP) is 1.97. The quantitative estimate of drug-likeness (QED) is 0.817. The molecule has 0 saturated heterocycles. The Morgan fingerprint density at radius 1 is 1.59 bits per heavy atom. The van der Waals surface area contributed by atoms with Crippen LogP contribution in [0.3, 0.4) is 0 Å². The molecular weight excluding hydrogens is 214 g/mol. The number of anilines is 1. The lowest BCUT2D eigenvalue weighted by Crippen LogP contribution is -2.35. The summed E-state index contributed by atoms with van der Waals surface area (Å²) in [6.45, 7) is 2.10. The summed E-state index contributed by atoms with van der Waals surface area (Å²) in [7, 11) is 0. The molecule has 0 bridgehead atoms. The summed E-state index contributed by atoms with van der Waals surface area (Å²) < 4.78 is 0. The first kappa shape index (κ1) is 11.9. The summed E-state index contributed by atoms with van der Waals surface area (Å²) in [5.41, 5.74) is 6.55. The molecule has 3 N–H and O–H groups in total. The number of amides is 1.